The molecule has 1 N–H and O–H groups in total. The molecule has 7 heteroatoms. The number of nitrogens with zero attached hydrogens (tertiary/aromatic N) is 1. The van der Waals surface area contributed by atoms with Gasteiger partial charge in [0.2, 0.25) is 0 Å². The molecule has 1 aromatic carbocycles. The van der Waals surface area contributed by atoms with E-state index in [-0.39, 0.29) is 17.1 Å². The van der Waals surface area contributed by atoms with Crippen LogP contribution in [0.2, 0.25) is 5.02 Å². The van der Waals surface area contributed by atoms with Crippen molar-refractivity contribution in [2.45, 2.75) is 18.9 Å². The number of likely N-dealkylation sites (tertiary alicyclic amines) is 1. The molecule has 102 valence electrons. The number of carbonyl (C=O) groups excluding carboxylic acids is 1. The van der Waals surface area contributed by atoms with Crippen molar-refractivity contribution in [1.82, 2.24) is 4.90 Å². The van der Waals surface area contributed by atoms with Gasteiger partial charge in [-0.1, -0.05) is 11.6 Å². The molecular weight excluding hydrogens is 280 g/mol. The Kier molecular flexibility index (Phi) is 3.71. The van der Waals surface area contributed by atoms with Gasteiger partial charge in [0.05, 0.1) is 10.6 Å². The molecule has 19 heavy (non-hydrogen) atoms. The number of amides is 1. The van der Waals surface area contributed by atoms with Crippen LogP contribution in [0.25, 0.3) is 0 Å². The van der Waals surface area contributed by atoms with Gasteiger partial charge in [0, 0.05) is 6.54 Å². The Morgan fingerprint density at radius 3 is 2.58 bits per heavy atom. The Hall–Kier alpha value is -1.69. The predicted molar refractivity (Wildman–Crippen MR) is 63.1 cm³/mol. The largest absolute Gasteiger partial charge is 0.480 e. The molecule has 1 heterocycles. The molecule has 0 saturated carbocycles. The van der Waals surface area contributed by atoms with E-state index in [1.807, 2.05) is 0 Å². The molecule has 0 radical (unpaired) electrons. The van der Waals surface area contributed by atoms with Crippen LogP contribution in [0.15, 0.2) is 12.1 Å². The molecule has 1 atom stereocenters. The summed E-state index contributed by atoms with van der Waals surface area (Å²) < 4.78 is 26.1. The molecule has 1 aliphatic rings. The van der Waals surface area contributed by atoms with Crippen molar-refractivity contribution in [2.24, 2.45) is 0 Å². The molecule has 0 unspecified atom stereocenters. The van der Waals surface area contributed by atoms with Gasteiger partial charge in [-0.3, -0.25) is 4.79 Å². The third-order valence-corrected chi connectivity index (χ3v) is 3.35. The van der Waals surface area contributed by atoms with Crippen LogP contribution in [0.5, 0.6) is 0 Å². The summed E-state index contributed by atoms with van der Waals surface area (Å²) in [4.78, 5) is 24.2. The Balaban J connectivity index is 2.34. The van der Waals surface area contributed by atoms with Crippen LogP contribution >= 0.6 is 11.6 Å². The highest BCUT2D eigenvalue weighted by Gasteiger charge is 2.35. The third-order valence-electron chi connectivity index (χ3n) is 3.04. The van der Waals surface area contributed by atoms with E-state index in [4.69, 9.17) is 16.7 Å². The van der Waals surface area contributed by atoms with E-state index in [1.54, 1.807) is 0 Å². The van der Waals surface area contributed by atoms with E-state index in [9.17, 15) is 18.4 Å². The van der Waals surface area contributed by atoms with Crippen LogP contribution in [-0.4, -0.2) is 34.5 Å². The molecule has 0 aliphatic carbocycles. The highest BCUT2D eigenvalue weighted by Crippen LogP contribution is 2.25. The Bertz CT molecular complexity index is 550. The molecule has 0 aromatic heterocycles. The lowest BCUT2D eigenvalue weighted by molar-refractivity contribution is -0.141. The lowest BCUT2D eigenvalue weighted by Crippen LogP contribution is -2.40. The van der Waals surface area contributed by atoms with Crippen LogP contribution in [0.1, 0.15) is 23.2 Å². The Labute approximate surface area is 112 Å². The van der Waals surface area contributed by atoms with Crippen molar-refractivity contribution in [3.05, 3.63) is 34.4 Å². The molecule has 4 nitrogen and oxygen atoms in total. The van der Waals surface area contributed by atoms with Gasteiger partial charge < -0.3 is 10.0 Å². The zero-order valence-corrected chi connectivity index (χ0v) is 10.5. The van der Waals surface area contributed by atoms with Gasteiger partial charge >= 0.3 is 5.97 Å². The molecule has 1 amide bonds. The van der Waals surface area contributed by atoms with Crippen LogP contribution in [0.3, 0.4) is 0 Å². The summed E-state index contributed by atoms with van der Waals surface area (Å²) in [5.41, 5.74) is -0.228. The van der Waals surface area contributed by atoms with Gasteiger partial charge in [0.25, 0.3) is 5.91 Å². The summed E-state index contributed by atoms with van der Waals surface area (Å²) in [6, 6.07) is 0.449. The zero-order valence-electron chi connectivity index (χ0n) is 9.70. The standard InChI is InChI=1S/C12H10ClF2NO3/c13-7-5-9(15)8(14)4-6(7)11(17)16-3-1-2-10(16)12(18)19/h4-5,10H,1-3H2,(H,18,19)/t10-/m0/s1. The predicted octanol–water partition coefficient (Wildman–Crippen LogP) is 2.31. The van der Waals surface area contributed by atoms with Gasteiger partial charge in [0.15, 0.2) is 11.6 Å². The minimum absolute atomic E-state index is 0.228. The van der Waals surface area contributed by atoms with Gasteiger partial charge in [-0.05, 0) is 25.0 Å². The van der Waals surface area contributed by atoms with Gasteiger partial charge in [0.1, 0.15) is 6.04 Å². The van der Waals surface area contributed by atoms with Crippen molar-refractivity contribution in [3.63, 3.8) is 0 Å². The topological polar surface area (TPSA) is 57.6 Å². The third kappa shape index (κ3) is 2.53. The van der Waals surface area contributed by atoms with Gasteiger partial charge in [-0.25, -0.2) is 13.6 Å². The fraction of sp³-hybridized carbons (Fsp3) is 0.333. The minimum atomic E-state index is -1.20. The van der Waals surface area contributed by atoms with Crippen LogP contribution in [0, 0.1) is 11.6 Å². The average Bonchev–Trinajstić information content (AvgIpc) is 2.82. The quantitative estimate of drug-likeness (QED) is 0.850. The second kappa shape index (κ2) is 5.13. The number of aliphatic carboxylic acids is 1. The number of carboxylic acids is 1. The first-order valence-corrected chi connectivity index (χ1v) is 5.98. The van der Waals surface area contributed by atoms with E-state index >= 15 is 0 Å². The Morgan fingerprint density at radius 1 is 1.32 bits per heavy atom. The number of halogens is 3. The van der Waals surface area contributed by atoms with Gasteiger partial charge in [-0.15, -0.1) is 0 Å². The maximum atomic E-state index is 13.1. The first-order chi connectivity index (χ1) is 8.91. The van der Waals surface area contributed by atoms with Crippen LogP contribution in [-0.2, 0) is 4.79 Å². The highest BCUT2D eigenvalue weighted by molar-refractivity contribution is 6.33. The Morgan fingerprint density at radius 2 is 1.95 bits per heavy atom. The molecule has 2 rings (SSSR count). The molecule has 0 bridgehead atoms. The summed E-state index contributed by atoms with van der Waals surface area (Å²) in [5, 5.41) is 8.75. The number of hydrogen-bond donors (Lipinski definition) is 1. The van der Waals surface area contributed by atoms with Crippen molar-refractivity contribution < 1.29 is 23.5 Å². The summed E-state index contributed by atoms with van der Waals surface area (Å²) in [6.45, 7) is 0.255. The van der Waals surface area contributed by atoms with E-state index in [2.05, 4.69) is 0 Å². The molecule has 0 spiro atoms. The molecule has 1 aromatic rings. The number of hydrogen-bond acceptors (Lipinski definition) is 2. The zero-order chi connectivity index (χ0) is 14.2. The first kappa shape index (κ1) is 13.7. The molecule has 1 saturated heterocycles. The van der Waals surface area contributed by atoms with Crippen LogP contribution in [0.4, 0.5) is 8.78 Å². The summed E-state index contributed by atoms with van der Waals surface area (Å²) in [6.07, 6.45) is 0.881. The van der Waals surface area contributed by atoms with Crippen molar-refractivity contribution in [1.29, 1.82) is 0 Å². The summed E-state index contributed by atoms with van der Waals surface area (Å²) in [5.74, 6) is -4.17. The number of rotatable bonds is 2. The fourth-order valence-electron chi connectivity index (χ4n) is 2.11. The van der Waals surface area contributed by atoms with Gasteiger partial charge in [-0.2, -0.15) is 0 Å². The molecule has 1 fully saturated rings. The highest BCUT2D eigenvalue weighted by atomic mass is 35.5. The number of carbonyl (C=O) groups is 2. The molecular formula is C12H10ClF2NO3. The van der Waals surface area contributed by atoms with E-state index in [1.165, 1.54) is 0 Å². The van der Waals surface area contributed by atoms with Crippen molar-refractivity contribution in [2.75, 3.05) is 6.54 Å². The molecule has 1 aliphatic heterocycles. The number of carboxylic acid groups (broad SMARTS) is 1. The van der Waals surface area contributed by atoms with Crippen molar-refractivity contribution in [3.8, 4) is 0 Å². The number of benzene rings is 1. The second-order valence-electron chi connectivity index (χ2n) is 4.24. The first-order valence-electron chi connectivity index (χ1n) is 5.60. The normalized spacial score (nSPS) is 18.7. The monoisotopic (exact) mass is 289 g/mol. The smallest absolute Gasteiger partial charge is 0.326 e. The summed E-state index contributed by atoms with van der Waals surface area (Å²) in [7, 11) is 0. The lowest BCUT2D eigenvalue weighted by atomic mass is 10.1. The van der Waals surface area contributed by atoms with Crippen LogP contribution < -0.4 is 0 Å². The summed E-state index contributed by atoms with van der Waals surface area (Å²) >= 11 is 5.70. The lowest BCUT2D eigenvalue weighted by Gasteiger charge is -2.22. The maximum Gasteiger partial charge on any atom is 0.326 e. The average molecular weight is 290 g/mol. The van der Waals surface area contributed by atoms with E-state index in [0.717, 1.165) is 4.90 Å². The second-order valence-corrected chi connectivity index (χ2v) is 4.65. The minimum Gasteiger partial charge on any atom is -0.480 e. The van der Waals surface area contributed by atoms with E-state index < -0.39 is 29.6 Å². The van der Waals surface area contributed by atoms with E-state index in [0.29, 0.717) is 25.0 Å². The maximum absolute atomic E-state index is 13.1. The fourth-order valence-corrected chi connectivity index (χ4v) is 2.34. The van der Waals surface area contributed by atoms with Crippen molar-refractivity contribution >= 4 is 23.5 Å². The SMILES string of the molecule is O=C(O)[C@@H]1CCCN1C(=O)c1cc(F)c(F)cc1Cl.